The molecule has 0 saturated heterocycles. The van der Waals surface area contributed by atoms with Crippen molar-refractivity contribution in [2.75, 3.05) is 4.90 Å². The Morgan fingerprint density at radius 3 is 1.80 bits per heavy atom. The fraction of sp³-hybridized carbons (Fsp3) is 0.0492. The van der Waals surface area contributed by atoms with Crippen LogP contribution in [0, 0.1) is 0 Å². The molecule has 1 aliphatic carbocycles. The highest BCUT2D eigenvalue weighted by Crippen LogP contribution is 2.52. The van der Waals surface area contributed by atoms with Crippen LogP contribution in [-0.2, 0) is 5.41 Å². The van der Waals surface area contributed by atoms with E-state index in [4.69, 9.17) is 8.83 Å². The first-order chi connectivity index (χ1) is 31.5. The SMILES string of the molecule is CC1(C)c2ccccc2-c2ccc(-c3ccccc3N(c3ccc(-c4ccc5c(c4)oc4ccccc45)cc3)c3ccccc3-c3cccc4c3oc3c5ccccc5ccc43)cc21. The Bertz CT molecular complexity index is 3830. The Hall–Kier alpha value is -8.14. The average Bonchev–Trinajstić information content (AvgIpc) is 4.00. The summed E-state index contributed by atoms with van der Waals surface area (Å²) in [6.07, 6.45) is 0. The predicted molar refractivity (Wildman–Crippen MR) is 267 cm³/mol. The van der Waals surface area contributed by atoms with Crippen LogP contribution in [0.3, 0.4) is 0 Å². The first kappa shape index (κ1) is 36.5. The zero-order chi connectivity index (χ0) is 42.5. The third-order valence-corrected chi connectivity index (χ3v) is 13.7. The lowest BCUT2D eigenvalue weighted by molar-refractivity contribution is 0.660. The molecular weight excluding hydrogens is 779 g/mol. The smallest absolute Gasteiger partial charge is 0.143 e. The normalized spacial score (nSPS) is 13.0. The zero-order valence-electron chi connectivity index (χ0n) is 35.5. The minimum absolute atomic E-state index is 0.124. The molecule has 0 radical (unpaired) electrons. The van der Waals surface area contributed by atoms with Crippen LogP contribution in [0.1, 0.15) is 25.0 Å². The number of rotatable bonds is 6. The van der Waals surface area contributed by atoms with Gasteiger partial charge in [0.2, 0.25) is 0 Å². The van der Waals surface area contributed by atoms with Crippen molar-refractivity contribution in [1.82, 2.24) is 0 Å². The van der Waals surface area contributed by atoms with Crippen LogP contribution in [0.25, 0.3) is 99.2 Å². The van der Waals surface area contributed by atoms with Crippen LogP contribution in [0.2, 0.25) is 0 Å². The lowest BCUT2D eigenvalue weighted by Crippen LogP contribution is -2.15. The second-order valence-electron chi connectivity index (χ2n) is 17.6. The van der Waals surface area contributed by atoms with Crippen molar-refractivity contribution in [1.29, 1.82) is 0 Å². The maximum atomic E-state index is 6.97. The summed E-state index contributed by atoms with van der Waals surface area (Å²) in [6.45, 7) is 4.70. The minimum atomic E-state index is -0.124. The fourth-order valence-electron chi connectivity index (χ4n) is 10.5. The highest BCUT2D eigenvalue weighted by Gasteiger charge is 2.35. The minimum Gasteiger partial charge on any atom is -0.456 e. The van der Waals surface area contributed by atoms with E-state index < -0.39 is 0 Å². The highest BCUT2D eigenvalue weighted by atomic mass is 16.3. The maximum absolute atomic E-state index is 6.97. The van der Waals surface area contributed by atoms with Gasteiger partial charge in [0.1, 0.15) is 22.3 Å². The first-order valence-corrected chi connectivity index (χ1v) is 22.1. The molecule has 302 valence electrons. The zero-order valence-corrected chi connectivity index (χ0v) is 35.5. The van der Waals surface area contributed by atoms with Crippen molar-refractivity contribution in [2.45, 2.75) is 19.3 Å². The number of furan rings is 2. The Balaban J connectivity index is 1.00. The summed E-state index contributed by atoms with van der Waals surface area (Å²) < 4.78 is 13.3. The monoisotopic (exact) mass is 819 g/mol. The number of fused-ring (bicyclic) bond motifs is 11. The molecule has 12 aromatic rings. The van der Waals surface area contributed by atoms with Crippen LogP contribution in [0.5, 0.6) is 0 Å². The van der Waals surface area contributed by atoms with Crippen molar-refractivity contribution >= 4 is 71.7 Å². The molecule has 0 atom stereocenters. The van der Waals surface area contributed by atoms with Gasteiger partial charge in [0.05, 0.1) is 11.4 Å². The van der Waals surface area contributed by atoms with E-state index in [1.54, 1.807) is 0 Å². The lowest BCUT2D eigenvalue weighted by Gasteiger charge is -2.30. The molecule has 0 aliphatic heterocycles. The second-order valence-corrected chi connectivity index (χ2v) is 17.6. The standard InChI is InChI=1S/C61H41NO2/c1-61(2)53-22-9-5-17-45(53)46-33-30-41(36-54(46)61)43-15-6-10-23-55(43)62(42-31-26-38(27-32-42)40-29-34-49-48-19-8-12-25-57(48)63-58(49)37-40)56-24-11-7-18-47(56)50-20-13-21-51-52-35-28-39-14-3-4-16-44(39)59(52)64-60(50)51/h3-37H,1-2H3. The quantitative estimate of drug-likeness (QED) is 0.167. The Kier molecular flexibility index (Phi) is 7.95. The van der Waals surface area contributed by atoms with Crippen molar-refractivity contribution in [3.63, 3.8) is 0 Å². The molecule has 3 nitrogen and oxygen atoms in total. The van der Waals surface area contributed by atoms with E-state index in [0.717, 1.165) is 94.1 Å². The Labute approximate surface area is 371 Å². The van der Waals surface area contributed by atoms with Gasteiger partial charge in [0.15, 0.2) is 0 Å². The summed E-state index contributed by atoms with van der Waals surface area (Å²) in [5.74, 6) is 0. The van der Waals surface area contributed by atoms with Crippen molar-refractivity contribution in [3.05, 3.63) is 223 Å². The summed E-state index contributed by atoms with van der Waals surface area (Å²) >= 11 is 0. The number of hydrogen-bond donors (Lipinski definition) is 0. The van der Waals surface area contributed by atoms with Crippen LogP contribution < -0.4 is 4.90 Å². The third kappa shape index (κ3) is 5.47. The third-order valence-electron chi connectivity index (χ3n) is 13.7. The van der Waals surface area contributed by atoms with Gasteiger partial charge in [0, 0.05) is 54.7 Å². The summed E-state index contributed by atoms with van der Waals surface area (Å²) in [4.78, 5) is 2.43. The van der Waals surface area contributed by atoms with Gasteiger partial charge >= 0.3 is 0 Å². The van der Waals surface area contributed by atoms with E-state index in [9.17, 15) is 0 Å². The Morgan fingerprint density at radius 1 is 0.344 bits per heavy atom. The lowest BCUT2D eigenvalue weighted by atomic mass is 9.81. The summed E-state index contributed by atoms with van der Waals surface area (Å²) in [5.41, 5.74) is 18.7. The van der Waals surface area contributed by atoms with Crippen molar-refractivity contribution < 1.29 is 8.83 Å². The van der Waals surface area contributed by atoms with Crippen LogP contribution in [-0.4, -0.2) is 0 Å². The van der Waals surface area contributed by atoms with Crippen LogP contribution in [0.4, 0.5) is 17.1 Å². The molecule has 0 spiro atoms. The van der Waals surface area contributed by atoms with Crippen molar-refractivity contribution in [2.24, 2.45) is 0 Å². The second kappa shape index (κ2) is 13.9. The molecule has 1 aliphatic rings. The van der Waals surface area contributed by atoms with E-state index in [1.165, 1.54) is 33.2 Å². The van der Waals surface area contributed by atoms with Gasteiger partial charge in [-0.1, -0.05) is 172 Å². The molecule has 0 amide bonds. The molecule has 10 aromatic carbocycles. The van der Waals surface area contributed by atoms with Gasteiger partial charge in [-0.25, -0.2) is 0 Å². The number of para-hydroxylation sites is 4. The maximum Gasteiger partial charge on any atom is 0.143 e. The van der Waals surface area contributed by atoms with E-state index in [1.807, 2.05) is 12.1 Å². The van der Waals surface area contributed by atoms with Gasteiger partial charge in [-0.2, -0.15) is 0 Å². The molecule has 13 rings (SSSR count). The Morgan fingerprint density at radius 2 is 0.938 bits per heavy atom. The number of nitrogens with zero attached hydrogens (tertiary/aromatic N) is 1. The van der Waals surface area contributed by atoms with Crippen LogP contribution >= 0.6 is 0 Å². The molecular formula is C61H41NO2. The summed E-state index contributed by atoms with van der Waals surface area (Å²) in [5, 5.41) is 6.77. The van der Waals surface area contributed by atoms with E-state index in [2.05, 4.69) is 219 Å². The van der Waals surface area contributed by atoms with Gasteiger partial charge < -0.3 is 13.7 Å². The summed E-state index contributed by atoms with van der Waals surface area (Å²) in [6, 6.07) is 76.7. The van der Waals surface area contributed by atoms with Gasteiger partial charge in [-0.15, -0.1) is 0 Å². The van der Waals surface area contributed by atoms with E-state index in [-0.39, 0.29) is 5.41 Å². The molecule has 0 saturated carbocycles. The molecule has 2 heterocycles. The fourth-order valence-corrected chi connectivity index (χ4v) is 10.5. The molecule has 0 fully saturated rings. The number of hydrogen-bond acceptors (Lipinski definition) is 3. The molecule has 0 bridgehead atoms. The number of anilines is 3. The van der Waals surface area contributed by atoms with E-state index in [0.29, 0.717) is 0 Å². The van der Waals surface area contributed by atoms with Crippen LogP contribution in [0.15, 0.2) is 221 Å². The first-order valence-electron chi connectivity index (χ1n) is 22.1. The predicted octanol–water partition coefficient (Wildman–Crippen LogP) is 17.4. The topological polar surface area (TPSA) is 29.5 Å². The van der Waals surface area contributed by atoms with Gasteiger partial charge in [0.25, 0.3) is 0 Å². The van der Waals surface area contributed by atoms with Gasteiger partial charge in [-0.05, 0) is 98.9 Å². The highest BCUT2D eigenvalue weighted by molar-refractivity contribution is 6.18. The number of benzene rings is 10. The van der Waals surface area contributed by atoms with E-state index >= 15 is 0 Å². The average molecular weight is 820 g/mol. The largest absolute Gasteiger partial charge is 0.456 e. The van der Waals surface area contributed by atoms with Crippen molar-refractivity contribution in [3.8, 4) is 44.5 Å². The molecule has 64 heavy (non-hydrogen) atoms. The summed E-state index contributed by atoms with van der Waals surface area (Å²) in [7, 11) is 0. The van der Waals surface area contributed by atoms with Gasteiger partial charge in [-0.3, -0.25) is 0 Å². The molecule has 0 N–H and O–H groups in total. The molecule has 3 heteroatoms. The molecule has 2 aromatic heterocycles. The molecule has 0 unspecified atom stereocenters.